The van der Waals surface area contributed by atoms with Gasteiger partial charge in [0.2, 0.25) is 0 Å². The lowest BCUT2D eigenvalue weighted by molar-refractivity contribution is 0.498. The summed E-state index contributed by atoms with van der Waals surface area (Å²) in [7, 11) is 0. The van der Waals surface area contributed by atoms with E-state index < -0.39 is 0 Å². The molecule has 1 atom stereocenters. The highest BCUT2D eigenvalue weighted by Gasteiger charge is 2.24. The van der Waals surface area contributed by atoms with Crippen LogP contribution >= 0.6 is 0 Å². The van der Waals surface area contributed by atoms with Crippen LogP contribution in [0.15, 0.2) is 35.3 Å². The first-order valence-electron chi connectivity index (χ1n) is 8.94. The van der Waals surface area contributed by atoms with Crippen LogP contribution in [0.25, 0.3) is 5.65 Å². The van der Waals surface area contributed by atoms with E-state index in [-0.39, 0.29) is 11.5 Å². The molecule has 4 rings (SSSR count). The Balaban J connectivity index is 1.70. The molecule has 0 radical (unpaired) electrons. The first kappa shape index (κ1) is 15.9. The molecular formula is C19H23N5O. The summed E-state index contributed by atoms with van der Waals surface area (Å²) in [6.45, 7) is 5.94. The molecule has 130 valence electrons. The third-order valence-electron chi connectivity index (χ3n) is 5.11. The van der Waals surface area contributed by atoms with Crippen molar-refractivity contribution in [1.82, 2.24) is 19.6 Å². The number of H-pyrrole nitrogens is 1. The molecule has 6 heteroatoms. The number of fused-ring (bicyclic) bond motifs is 1. The van der Waals surface area contributed by atoms with E-state index in [0.717, 1.165) is 60.8 Å². The monoisotopic (exact) mass is 337 g/mol. The van der Waals surface area contributed by atoms with Gasteiger partial charge in [-0.1, -0.05) is 13.0 Å². The molecule has 25 heavy (non-hydrogen) atoms. The van der Waals surface area contributed by atoms with E-state index in [1.54, 1.807) is 10.6 Å². The lowest BCUT2D eigenvalue weighted by Gasteiger charge is -2.33. The van der Waals surface area contributed by atoms with Crippen molar-refractivity contribution in [1.29, 1.82) is 0 Å². The number of hydrogen-bond acceptors (Lipinski definition) is 4. The summed E-state index contributed by atoms with van der Waals surface area (Å²) in [4.78, 5) is 24.2. The van der Waals surface area contributed by atoms with Crippen LogP contribution in [0, 0.1) is 6.92 Å². The summed E-state index contributed by atoms with van der Waals surface area (Å²) in [5, 5.41) is 3.13. The number of anilines is 1. The number of piperidine rings is 1. The van der Waals surface area contributed by atoms with Crippen LogP contribution in [0.1, 0.15) is 42.6 Å². The Bertz CT molecular complexity index is 944. The highest BCUT2D eigenvalue weighted by atomic mass is 16.1. The molecule has 6 nitrogen and oxygen atoms in total. The van der Waals surface area contributed by atoms with E-state index in [9.17, 15) is 4.79 Å². The standard InChI is InChI=1S/C19H23N5O/c1-3-15-13(2)22-24-18(25)11-16(21-19(15)24)14-7-6-10-23(12-14)17-8-4-5-9-20-17/h4-5,8-9,11,14,22H,3,6-7,10,12H2,1-2H3. The van der Waals surface area contributed by atoms with Gasteiger partial charge in [-0.3, -0.25) is 9.89 Å². The van der Waals surface area contributed by atoms with Gasteiger partial charge in [0.15, 0.2) is 5.65 Å². The smallest absolute Gasteiger partial charge is 0.272 e. The summed E-state index contributed by atoms with van der Waals surface area (Å²) >= 11 is 0. The molecule has 1 aliphatic heterocycles. The van der Waals surface area contributed by atoms with Gasteiger partial charge in [0.05, 0.1) is 5.69 Å². The number of nitrogens with one attached hydrogen (secondary N) is 1. The molecule has 0 aliphatic carbocycles. The molecule has 1 unspecified atom stereocenters. The molecule has 0 spiro atoms. The molecule has 1 N–H and O–H groups in total. The average molecular weight is 337 g/mol. The maximum Gasteiger partial charge on any atom is 0.272 e. The zero-order chi connectivity index (χ0) is 17.4. The molecule has 3 aromatic heterocycles. The fraction of sp³-hybridized carbons (Fsp3) is 0.421. The van der Waals surface area contributed by atoms with Gasteiger partial charge in [-0.2, -0.15) is 0 Å². The summed E-state index contributed by atoms with van der Waals surface area (Å²) in [5.74, 6) is 1.25. The third kappa shape index (κ3) is 2.81. The quantitative estimate of drug-likeness (QED) is 0.798. The predicted octanol–water partition coefficient (Wildman–Crippen LogP) is 2.67. The summed E-state index contributed by atoms with van der Waals surface area (Å²) in [6, 6.07) is 7.67. The zero-order valence-electron chi connectivity index (χ0n) is 14.7. The first-order valence-corrected chi connectivity index (χ1v) is 8.94. The summed E-state index contributed by atoms with van der Waals surface area (Å²) in [5.41, 5.74) is 3.79. The second-order valence-corrected chi connectivity index (χ2v) is 6.72. The average Bonchev–Trinajstić information content (AvgIpc) is 2.98. The highest BCUT2D eigenvalue weighted by molar-refractivity contribution is 5.50. The van der Waals surface area contributed by atoms with Crippen molar-refractivity contribution in [2.75, 3.05) is 18.0 Å². The molecular weight excluding hydrogens is 314 g/mol. The van der Waals surface area contributed by atoms with Gasteiger partial charge in [0.25, 0.3) is 5.56 Å². The summed E-state index contributed by atoms with van der Waals surface area (Å²) < 4.78 is 1.57. The zero-order valence-corrected chi connectivity index (χ0v) is 14.7. The molecule has 1 fully saturated rings. The van der Waals surface area contributed by atoms with Crippen LogP contribution < -0.4 is 10.5 Å². The Morgan fingerprint density at radius 3 is 3.00 bits per heavy atom. The maximum absolute atomic E-state index is 12.5. The van der Waals surface area contributed by atoms with E-state index >= 15 is 0 Å². The number of aryl methyl sites for hydroxylation is 2. The van der Waals surface area contributed by atoms with Crippen LogP contribution in [0.2, 0.25) is 0 Å². The minimum atomic E-state index is -0.0299. The lowest BCUT2D eigenvalue weighted by atomic mass is 9.94. The Hall–Kier alpha value is -2.63. The third-order valence-corrected chi connectivity index (χ3v) is 5.11. The largest absolute Gasteiger partial charge is 0.356 e. The fourth-order valence-corrected chi connectivity index (χ4v) is 3.81. The van der Waals surface area contributed by atoms with Crippen molar-refractivity contribution in [2.24, 2.45) is 0 Å². The van der Waals surface area contributed by atoms with Crippen molar-refractivity contribution >= 4 is 11.5 Å². The van der Waals surface area contributed by atoms with Gasteiger partial charge < -0.3 is 4.90 Å². The second-order valence-electron chi connectivity index (χ2n) is 6.72. The van der Waals surface area contributed by atoms with Crippen LogP contribution in [-0.4, -0.2) is 32.7 Å². The molecule has 4 heterocycles. The molecule has 0 amide bonds. The van der Waals surface area contributed by atoms with E-state index in [0.29, 0.717) is 0 Å². The van der Waals surface area contributed by atoms with Crippen LogP contribution in [-0.2, 0) is 6.42 Å². The molecule has 3 aromatic rings. The van der Waals surface area contributed by atoms with Crippen molar-refractivity contribution < 1.29 is 0 Å². The van der Waals surface area contributed by atoms with Gasteiger partial charge in [-0.25, -0.2) is 14.5 Å². The van der Waals surface area contributed by atoms with E-state index in [1.165, 1.54) is 0 Å². The minimum absolute atomic E-state index is 0.0299. The summed E-state index contributed by atoms with van der Waals surface area (Å²) in [6.07, 6.45) is 4.82. The normalized spacial score (nSPS) is 18.0. The van der Waals surface area contributed by atoms with Crippen LogP contribution in [0.4, 0.5) is 5.82 Å². The molecule has 0 aromatic carbocycles. The Kier molecular flexibility index (Phi) is 4.03. The second kappa shape index (κ2) is 6.35. The molecule has 0 saturated carbocycles. The highest BCUT2D eigenvalue weighted by Crippen LogP contribution is 2.28. The van der Waals surface area contributed by atoms with Crippen molar-refractivity contribution in [3.8, 4) is 0 Å². The number of pyridine rings is 1. The van der Waals surface area contributed by atoms with Gasteiger partial charge in [-0.15, -0.1) is 0 Å². The van der Waals surface area contributed by atoms with E-state index in [2.05, 4.69) is 21.9 Å². The molecule has 0 bridgehead atoms. The van der Waals surface area contributed by atoms with Crippen LogP contribution in [0.5, 0.6) is 0 Å². The number of aromatic amines is 1. The SMILES string of the molecule is CCc1c(C)[nH]n2c(=O)cc(C3CCCN(c4ccccn4)C3)nc12. The Labute approximate surface area is 146 Å². The fourth-order valence-electron chi connectivity index (χ4n) is 3.81. The number of nitrogens with zero attached hydrogens (tertiary/aromatic N) is 4. The first-order chi connectivity index (χ1) is 12.2. The molecule has 1 saturated heterocycles. The van der Waals surface area contributed by atoms with E-state index in [1.807, 2.05) is 31.3 Å². The Morgan fingerprint density at radius 1 is 1.36 bits per heavy atom. The minimum Gasteiger partial charge on any atom is -0.356 e. The van der Waals surface area contributed by atoms with Gasteiger partial charge in [-0.05, 0) is 38.3 Å². The predicted molar refractivity (Wildman–Crippen MR) is 98.4 cm³/mol. The maximum atomic E-state index is 12.5. The molecule has 1 aliphatic rings. The lowest BCUT2D eigenvalue weighted by Crippen LogP contribution is -2.35. The number of hydrogen-bond donors (Lipinski definition) is 1. The van der Waals surface area contributed by atoms with Crippen molar-refractivity contribution in [2.45, 2.75) is 39.0 Å². The van der Waals surface area contributed by atoms with Crippen molar-refractivity contribution in [3.63, 3.8) is 0 Å². The van der Waals surface area contributed by atoms with Gasteiger partial charge in [0, 0.05) is 42.5 Å². The van der Waals surface area contributed by atoms with Crippen molar-refractivity contribution in [3.05, 3.63) is 57.8 Å². The van der Waals surface area contributed by atoms with Crippen LogP contribution in [0.3, 0.4) is 0 Å². The van der Waals surface area contributed by atoms with E-state index in [4.69, 9.17) is 4.98 Å². The van der Waals surface area contributed by atoms with Gasteiger partial charge >= 0.3 is 0 Å². The topological polar surface area (TPSA) is 66.3 Å². The van der Waals surface area contributed by atoms with Gasteiger partial charge in [0.1, 0.15) is 5.82 Å². The number of aromatic nitrogens is 4. The Morgan fingerprint density at radius 2 is 2.24 bits per heavy atom. The number of rotatable bonds is 3.